The minimum absolute atomic E-state index is 0.199. The Morgan fingerprint density at radius 2 is 1.80 bits per heavy atom. The van der Waals surface area contributed by atoms with Crippen LogP contribution in [-0.4, -0.2) is 27.8 Å². The molecule has 7 heteroatoms. The number of aromatic amines is 1. The van der Waals surface area contributed by atoms with Crippen molar-refractivity contribution in [1.82, 2.24) is 15.4 Å². The molecule has 150 valence electrons. The molecule has 0 aliphatic heterocycles. The van der Waals surface area contributed by atoms with Crippen molar-refractivity contribution in [2.24, 2.45) is 5.10 Å². The first kappa shape index (κ1) is 19.7. The summed E-state index contributed by atoms with van der Waals surface area (Å²) in [6.45, 7) is 0.419. The summed E-state index contributed by atoms with van der Waals surface area (Å²) in [5, 5.41) is 4.80. The summed E-state index contributed by atoms with van der Waals surface area (Å²) in [4.78, 5) is 19.7. The van der Waals surface area contributed by atoms with E-state index in [4.69, 9.17) is 4.74 Å². The highest BCUT2D eigenvalue weighted by Gasteiger charge is 2.06. The van der Waals surface area contributed by atoms with Gasteiger partial charge in [0.15, 0.2) is 5.16 Å². The molecule has 0 spiro atoms. The maximum absolute atomic E-state index is 12.1. The van der Waals surface area contributed by atoms with E-state index in [0.29, 0.717) is 11.8 Å². The van der Waals surface area contributed by atoms with Crippen LogP contribution in [0.4, 0.5) is 0 Å². The number of rotatable bonds is 8. The lowest BCUT2D eigenvalue weighted by Gasteiger charge is -2.08. The Kier molecular flexibility index (Phi) is 6.41. The second-order valence-corrected chi connectivity index (χ2v) is 7.41. The van der Waals surface area contributed by atoms with E-state index in [2.05, 4.69) is 20.5 Å². The SMILES string of the molecule is O=C(CSc1nc2ccccc2[nH]1)N/N=C\c1ccccc1COc1ccccc1. The molecule has 6 nitrogen and oxygen atoms in total. The summed E-state index contributed by atoms with van der Waals surface area (Å²) in [6.07, 6.45) is 1.63. The highest BCUT2D eigenvalue weighted by Crippen LogP contribution is 2.18. The Morgan fingerprint density at radius 3 is 2.67 bits per heavy atom. The zero-order valence-corrected chi connectivity index (χ0v) is 16.9. The summed E-state index contributed by atoms with van der Waals surface area (Å²) < 4.78 is 5.81. The van der Waals surface area contributed by atoms with Crippen LogP contribution in [0.15, 0.2) is 89.1 Å². The number of carbonyl (C=O) groups is 1. The summed E-state index contributed by atoms with van der Waals surface area (Å²) in [5.41, 5.74) is 6.27. The summed E-state index contributed by atoms with van der Waals surface area (Å²) >= 11 is 1.34. The molecule has 1 aromatic heterocycles. The first-order chi connectivity index (χ1) is 14.8. The Hall–Kier alpha value is -3.58. The van der Waals surface area contributed by atoms with Gasteiger partial charge in [-0.15, -0.1) is 0 Å². The molecular weight excluding hydrogens is 396 g/mol. The molecule has 4 rings (SSSR count). The lowest BCUT2D eigenvalue weighted by molar-refractivity contribution is -0.118. The van der Waals surface area contributed by atoms with Gasteiger partial charge in [0.25, 0.3) is 5.91 Å². The quantitative estimate of drug-likeness (QED) is 0.254. The minimum atomic E-state index is -0.199. The third-order valence-electron chi connectivity index (χ3n) is 4.29. The van der Waals surface area contributed by atoms with E-state index in [1.54, 1.807) is 6.21 Å². The van der Waals surface area contributed by atoms with Crippen LogP contribution in [0.5, 0.6) is 5.75 Å². The number of nitrogens with zero attached hydrogens (tertiary/aromatic N) is 2. The summed E-state index contributed by atoms with van der Waals surface area (Å²) in [7, 11) is 0. The number of hydrazone groups is 1. The van der Waals surface area contributed by atoms with E-state index < -0.39 is 0 Å². The number of ether oxygens (including phenoxy) is 1. The van der Waals surface area contributed by atoms with Crippen LogP contribution in [0, 0.1) is 0 Å². The molecule has 0 atom stereocenters. The molecular formula is C23H20N4O2S. The van der Waals surface area contributed by atoms with Crippen molar-refractivity contribution in [2.75, 3.05) is 5.75 Å². The number of hydrogen-bond acceptors (Lipinski definition) is 5. The Morgan fingerprint density at radius 1 is 1.03 bits per heavy atom. The molecule has 1 amide bonds. The van der Waals surface area contributed by atoms with Gasteiger partial charge in [-0.3, -0.25) is 4.79 Å². The van der Waals surface area contributed by atoms with Crippen molar-refractivity contribution in [3.8, 4) is 5.75 Å². The molecule has 0 fully saturated rings. The molecule has 0 saturated heterocycles. The van der Waals surface area contributed by atoms with Gasteiger partial charge in [0.2, 0.25) is 0 Å². The lowest BCUT2D eigenvalue weighted by Crippen LogP contribution is -2.19. The van der Waals surface area contributed by atoms with Crippen molar-refractivity contribution < 1.29 is 9.53 Å². The topological polar surface area (TPSA) is 79.4 Å². The number of para-hydroxylation sites is 3. The molecule has 0 aliphatic carbocycles. The smallest absolute Gasteiger partial charge is 0.250 e. The maximum atomic E-state index is 12.1. The highest BCUT2D eigenvalue weighted by atomic mass is 32.2. The van der Waals surface area contributed by atoms with Crippen LogP contribution in [0.25, 0.3) is 11.0 Å². The minimum Gasteiger partial charge on any atom is -0.489 e. The largest absolute Gasteiger partial charge is 0.489 e. The molecule has 3 aromatic carbocycles. The molecule has 30 heavy (non-hydrogen) atoms. The predicted octanol–water partition coefficient (Wildman–Crippen LogP) is 4.38. The molecule has 4 aromatic rings. The van der Waals surface area contributed by atoms with Crippen LogP contribution in [0.3, 0.4) is 0 Å². The molecule has 0 radical (unpaired) electrons. The number of carbonyl (C=O) groups excluding carboxylic acids is 1. The molecule has 0 unspecified atom stereocenters. The van der Waals surface area contributed by atoms with Gasteiger partial charge >= 0.3 is 0 Å². The monoisotopic (exact) mass is 416 g/mol. The summed E-state index contributed by atoms with van der Waals surface area (Å²) in [5.74, 6) is 0.825. The van der Waals surface area contributed by atoms with Crippen molar-refractivity contribution in [2.45, 2.75) is 11.8 Å². The van der Waals surface area contributed by atoms with Gasteiger partial charge in [-0.2, -0.15) is 5.10 Å². The number of hydrogen-bond donors (Lipinski definition) is 2. The average molecular weight is 417 g/mol. The molecule has 0 saturated carbocycles. The normalized spacial score (nSPS) is 11.1. The second-order valence-electron chi connectivity index (χ2n) is 6.44. The van der Waals surface area contributed by atoms with Crippen LogP contribution in [0.1, 0.15) is 11.1 Å². The Labute approximate surface area is 178 Å². The first-order valence-corrected chi connectivity index (χ1v) is 10.4. The fraction of sp³-hybridized carbons (Fsp3) is 0.0870. The zero-order valence-electron chi connectivity index (χ0n) is 16.1. The van der Waals surface area contributed by atoms with Gasteiger partial charge in [-0.25, -0.2) is 10.4 Å². The molecule has 1 heterocycles. The molecule has 0 bridgehead atoms. The van der Waals surface area contributed by atoms with E-state index in [1.165, 1.54) is 11.8 Å². The van der Waals surface area contributed by atoms with Crippen molar-refractivity contribution in [3.05, 3.63) is 90.0 Å². The van der Waals surface area contributed by atoms with Gasteiger partial charge in [-0.05, 0) is 29.8 Å². The number of benzene rings is 3. The van der Waals surface area contributed by atoms with Crippen molar-refractivity contribution in [1.29, 1.82) is 0 Å². The van der Waals surface area contributed by atoms with E-state index in [0.717, 1.165) is 27.9 Å². The van der Waals surface area contributed by atoms with Crippen LogP contribution in [-0.2, 0) is 11.4 Å². The number of amides is 1. The van der Waals surface area contributed by atoms with Gasteiger partial charge in [0.05, 0.1) is 23.0 Å². The number of nitrogens with one attached hydrogen (secondary N) is 2. The average Bonchev–Trinajstić information content (AvgIpc) is 3.21. The second kappa shape index (κ2) is 9.76. The fourth-order valence-corrected chi connectivity index (χ4v) is 3.48. The van der Waals surface area contributed by atoms with Crippen molar-refractivity contribution >= 4 is 34.9 Å². The van der Waals surface area contributed by atoms with E-state index >= 15 is 0 Å². The number of imidazole rings is 1. The zero-order chi connectivity index (χ0) is 20.6. The number of H-pyrrole nitrogens is 1. The van der Waals surface area contributed by atoms with Crippen LogP contribution < -0.4 is 10.2 Å². The van der Waals surface area contributed by atoms with Gasteiger partial charge in [0.1, 0.15) is 12.4 Å². The van der Waals surface area contributed by atoms with Crippen LogP contribution >= 0.6 is 11.8 Å². The maximum Gasteiger partial charge on any atom is 0.250 e. The first-order valence-electron chi connectivity index (χ1n) is 9.43. The fourth-order valence-electron chi connectivity index (χ4n) is 2.81. The number of thioether (sulfide) groups is 1. The van der Waals surface area contributed by atoms with E-state index in [9.17, 15) is 4.79 Å². The number of aromatic nitrogens is 2. The van der Waals surface area contributed by atoms with Gasteiger partial charge in [0, 0.05) is 5.56 Å². The summed E-state index contributed by atoms with van der Waals surface area (Å²) in [6, 6.07) is 25.2. The Bertz CT molecular complexity index is 1130. The van der Waals surface area contributed by atoms with E-state index in [-0.39, 0.29) is 11.7 Å². The predicted molar refractivity (Wildman–Crippen MR) is 120 cm³/mol. The van der Waals surface area contributed by atoms with Gasteiger partial charge < -0.3 is 9.72 Å². The molecule has 2 N–H and O–H groups in total. The van der Waals surface area contributed by atoms with Crippen LogP contribution in [0.2, 0.25) is 0 Å². The highest BCUT2D eigenvalue weighted by molar-refractivity contribution is 7.99. The standard InChI is InChI=1S/C23H20N4O2S/c28-22(16-30-23-25-20-12-6-7-13-21(20)26-23)27-24-14-17-8-4-5-9-18(17)15-29-19-10-2-1-3-11-19/h1-14H,15-16H2,(H,25,26)(H,27,28)/b24-14-. The van der Waals surface area contributed by atoms with Crippen molar-refractivity contribution in [3.63, 3.8) is 0 Å². The van der Waals surface area contributed by atoms with E-state index in [1.807, 2.05) is 78.9 Å². The molecule has 0 aliphatic rings. The lowest BCUT2D eigenvalue weighted by atomic mass is 10.1. The third kappa shape index (κ3) is 5.27. The Balaban J connectivity index is 1.30. The van der Waals surface area contributed by atoms with Gasteiger partial charge in [-0.1, -0.05) is 66.4 Å². The number of fused-ring (bicyclic) bond motifs is 1. The third-order valence-corrected chi connectivity index (χ3v) is 5.17.